The van der Waals surface area contributed by atoms with Crippen LogP contribution in [0.2, 0.25) is 0 Å². The van der Waals surface area contributed by atoms with Crippen LogP contribution < -0.4 is 5.32 Å². The third kappa shape index (κ3) is 2.98. The lowest BCUT2D eigenvalue weighted by atomic mass is 10.1. The molecule has 1 rings (SSSR count). The van der Waals surface area contributed by atoms with Crippen molar-refractivity contribution in [2.24, 2.45) is 4.99 Å². The van der Waals surface area contributed by atoms with Crippen molar-refractivity contribution in [3.05, 3.63) is 11.8 Å². The van der Waals surface area contributed by atoms with Gasteiger partial charge in [0, 0.05) is 6.21 Å². The van der Waals surface area contributed by atoms with Gasteiger partial charge in [0.2, 0.25) is 0 Å². The number of rotatable bonds is 5. The van der Waals surface area contributed by atoms with E-state index in [2.05, 4.69) is 16.6 Å². The molecule has 1 aliphatic heterocycles. The van der Waals surface area contributed by atoms with Gasteiger partial charge in [-0.2, -0.15) is 26.3 Å². The second-order valence-corrected chi connectivity index (χ2v) is 4.45. The SMILES string of the molecule is CCCC1N=CC=C(C(F)(F)C(F)(F)C(F)(F)Cl)N1. The van der Waals surface area contributed by atoms with Crippen LogP contribution in [0.4, 0.5) is 26.3 Å². The van der Waals surface area contributed by atoms with Crippen molar-refractivity contribution in [3.8, 4) is 0 Å². The molecule has 1 heterocycles. The van der Waals surface area contributed by atoms with E-state index in [0.717, 1.165) is 6.21 Å². The van der Waals surface area contributed by atoms with Gasteiger partial charge in [-0.1, -0.05) is 13.3 Å². The van der Waals surface area contributed by atoms with E-state index in [9.17, 15) is 26.3 Å². The highest BCUT2D eigenvalue weighted by molar-refractivity contribution is 6.22. The number of halogens is 7. The fourth-order valence-electron chi connectivity index (χ4n) is 1.45. The third-order valence-corrected chi connectivity index (χ3v) is 2.72. The Morgan fingerprint density at radius 3 is 2.32 bits per heavy atom. The summed E-state index contributed by atoms with van der Waals surface area (Å²) in [6, 6.07) is 0. The highest BCUT2D eigenvalue weighted by Gasteiger charge is 2.72. The van der Waals surface area contributed by atoms with Gasteiger partial charge >= 0.3 is 17.2 Å². The Balaban J connectivity index is 3.01. The van der Waals surface area contributed by atoms with Crippen LogP contribution >= 0.6 is 11.6 Å². The van der Waals surface area contributed by atoms with Crippen LogP contribution in [-0.4, -0.2) is 29.6 Å². The molecule has 19 heavy (non-hydrogen) atoms. The zero-order valence-corrected chi connectivity index (χ0v) is 10.5. The Bertz CT molecular complexity index is 388. The van der Waals surface area contributed by atoms with Crippen LogP contribution in [0.3, 0.4) is 0 Å². The van der Waals surface area contributed by atoms with Crippen molar-refractivity contribution in [1.29, 1.82) is 0 Å². The maximum atomic E-state index is 13.5. The molecular formula is C10H11ClF6N2. The predicted octanol–water partition coefficient (Wildman–Crippen LogP) is 3.77. The normalized spacial score (nSPS) is 21.1. The fourth-order valence-corrected chi connectivity index (χ4v) is 1.57. The molecule has 9 heteroatoms. The summed E-state index contributed by atoms with van der Waals surface area (Å²) < 4.78 is 78.0. The Labute approximate surface area is 110 Å². The standard InChI is InChI=1S/C10H11ClF6N2/c1-2-3-7-18-5-4-6(19-7)8(12,13)9(14,15)10(11,16)17/h4-5,7,19H,2-3H2,1H3. The van der Waals surface area contributed by atoms with Crippen molar-refractivity contribution in [2.75, 3.05) is 0 Å². The summed E-state index contributed by atoms with van der Waals surface area (Å²) in [5.74, 6) is -10.8. The van der Waals surface area contributed by atoms with Crippen molar-refractivity contribution >= 4 is 17.8 Å². The van der Waals surface area contributed by atoms with E-state index in [0.29, 0.717) is 18.9 Å². The summed E-state index contributed by atoms with van der Waals surface area (Å²) in [7, 11) is 0. The molecule has 0 radical (unpaired) electrons. The number of nitrogens with zero attached hydrogens (tertiary/aromatic N) is 1. The lowest BCUT2D eigenvalue weighted by Gasteiger charge is -2.33. The summed E-state index contributed by atoms with van der Waals surface area (Å²) in [6.07, 6.45) is 1.41. The first-order valence-corrected chi connectivity index (χ1v) is 5.74. The first kappa shape index (κ1) is 16.1. The first-order valence-electron chi connectivity index (χ1n) is 5.37. The number of nitrogens with one attached hydrogen (secondary N) is 1. The van der Waals surface area contributed by atoms with Gasteiger partial charge in [-0.05, 0) is 24.1 Å². The van der Waals surface area contributed by atoms with E-state index < -0.39 is 29.1 Å². The van der Waals surface area contributed by atoms with Gasteiger partial charge in [0.05, 0.1) is 5.70 Å². The molecule has 2 nitrogen and oxygen atoms in total. The largest absolute Gasteiger partial charge is 0.392 e. The van der Waals surface area contributed by atoms with Crippen LogP contribution in [0, 0.1) is 0 Å². The molecule has 0 saturated carbocycles. The van der Waals surface area contributed by atoms with E-state index in [1.807, 2.05) is 5.32 Å². The van der Waals surface area contributed by atoms with Crippen LogP contribution in [0.25, 0.3) is 0 Å². The van der Waals surface area contributed by atoms with Crippen LogP contribution in [0.5, 0.6) is 0 Å². The molecule has 1 atom stereocenters. The Hall–Kier alpha value is -0.920. The van der Waals surface area contributed by atoms with Crippen LogP contribution in [0.15, 0.2) is 16.8 Å². The van der Waals surface area contributed by atoms with E-state index >= 15 is 0 Å². The van der Waals surface area contributed by atoms with Gasteiger partial charge in [-0.15, -0.1) is 0 Å². The zero-order valence-electron chi connectivity index (χ0n) is 9.74. The van der Waals surface area contributed by atoms with Crippen LogP contribution in [0.1, 0.15) is 19.8 Å². The second kappa shape index (κ2) is 5.22. The van der Waals surface area contributed by atoms with Crippen molar-refractivity contribution < 1.29 is 26.3 Å². The molecule has 0 amide bonds. The van der Waals surface area contributed by atoms with Gasteiger partial charge in [-0.25, -0.2) is 0 Å². The molecular weight excluding hydrogens is 298 g/mol. The lowest BCUT2D eigenvalue weighted by molar-refractivity contribution is -0.265. The molecule has 0 fully saturated rings. The average molecular weight is 309 g/mol. The Kier molecular flexibility index (Phi) is 4.44. The highest BCUT2D eigenvalue weighted by Crippen LogP contribution is 2.50. The van der Waals surface area contributed by atoms with Gasteiger partial charge in [-0.3, -0.25) is 4.99 Å². The molecule has 0 aromatic rings. The van der Waals surface area contributed by atoms with E-state index in [1.54, 1.807) is 6.92 Å². The maximum absolute atomic E-state index is 13.5. The Morgan fingerprint density at radius 2 is 1.84 bits per heavy atom. The lowest BCUT2D eigenvalue weighted by Crippen LogP contribution is -2.55. The fraction of sp³-hybridized carbons (Fsp3) is 0.700. The highest BCUT2D eigenvalue weighted by atomic mass is 35.5. The number of aliphatic imine (C=N–C) groups is 1. The smallest absolute Gasteiger partial charge is 0.362 e. The summed E-state index contributed by atoms with van der Waals surface area (Å²) in [4.78, 5) is 3.72. The predicted molar refractivity (Wildman–Crippen MR) is 59.1 cm³/mol. The number of hydrogen-bond donors (Lipinski definition) is 1. The van der Waals surface area contributed by atoms with Gasteiger partial charge in [0.25, 0.3) is 0 Å². The van der Waals surface area contributed by atoms with Gasteiger partial charge < -0.3 is 5.32 Å². The number of hydrogen-bond acceptors (Lipinski definition) is 2. The molecule has 0 aliphatic carbocycles. The zero-order chi connectivity index (χ0) is 14.9. The second-order valence-electron chi connectivity index (χ2n) is 3.97. The van der Waals surface area contributed by atoms with Crippen molar-refractivity contribution in [3.63, 3.8) is 0 Å². The summed E-state index contributed by atoms with van der Waals surface area (Å²) in [5.41, 5.74) is -1.33. The summed E-state index contributed by atoms with van der Waals surface area (Å²) in [6.45, 7) is 1.73. The minimum Gasteiger partial charge on any atom is -0.362 e. The van der Waals surface area contributed by atoms with Crippen LogP contribution in [-0.2, 0) is 0 Å². The third-order valence-electron chi connectivity index (χ3n) is 2.48. The molecule has 0 aromatic heterocycles. The molecule has 1 unspecified atom stereocenters. The summed E-state index contributed by atoms with van der Waals surface area (Å²) >= 11 is 4.07. The van der Waals surface area contributed by atoms with Crippen molar-refractivity contribution in [1.82, 2.24) is 5.32 Å². The maximum Gasteiger partial charge on any atom is 0.392 e. The monoisotopic (exact) mass is 308 g/mol. The quantitative estimate of drug-likeness (QED) is 0.607. The number of alkyl halides is 7. The minimum absolute atomic E-state index is 0.298. The molecule has 1 N–H and O–H groups in total. The molecule has 0 bridgehead atoms. The summed E-state index contributed by atoms with van der Waals surface area (Å²) in [5, 5.41) is -3.35. The molecule has 0 aromatic carbocycles. The molecule has 1 aliphatic rings. The molecule has 110 valence electrons. The minimum atomic E-state index is -5.72. The topological polar surface area (TPSA) is 24.4 Å². The van der Waals surface area contributed by atoms with E-state index in [-0.39, 0.29) is 0 Å². The average Bonchev–Trinajstić information content (AvgIpc) is 2.28. The number of allylic oxidation sites excluding steroid dienone is 2. The van der Waals surface area contributed by atoms with E-state index in [4.69, 9.17) is 0 Å². The molecule has 0 saturated heterocycles. The van der Waals surface area contributed by atoms with Gasteiger partial charge in [0.15, 0.2) is 0 Å². The van der Waals surface area contributed by atoms with E-state index in [1.165, 1.54) is 0 Å². The first-order chi connectivity index (χ1) is 8.54. The van der Waals surface area contributed by atoms with Crippen molar-refractivity contribution in [2.45, 2.75) is 43.2 Å². The Morgan fingerprint density at radius 1 is 1.26 bits per heavy atom. The van der Waals surface area contributed by atoms with Gasteiger partial charge in [0.1, 0.15) is 6.17 Å². The molecule has 0 spiro atoms.